The largest absolute Gasteiger partial charge is 0.360 e. The summed E-state index contributed by atoms with van der Waals surface area (Å²) in [6, 6.07) is 12.6. The van der Waals surface area contributed by atoms with Gasteiger partial charge in [0.05, 0.1) is 5.69 Å². The van der Waals surface area contributed by atoms with Gasteiger partial charge in [0.1, 0.15) is 5.82 Å². The van der Waals surface area contributed by atoms with E-state index in [-0.39, 0.29) is 5.82 Å². The number of piperidine rings is 1. The van der Waals surface area contributed by atoms with Crippen molar-refractivity contribution in [2.75, 3.05) is 18.4 Å². The molecule has 0 unspecified atom stereocenters. The number of halogens is 1. The number of likely N-dealkylation sites (tertiary alicyclic amines) is 1. The van der Waals surface area contributed by atoms with Gasteiger partial charge in [-0.05, 0) is 61.5 Å². The number of aromatic nitrogens is 1. The number of thiocarbonyl (C=S) groups is 1. The van der Waals surface area contributed by atoms with Gasteiger partial charge in [-0.15, -0.1) is 0 Å². The zero-order chi connectivity index (χ0) is 16.8. The number of hydrogen-bond donors (Lipinski definition) is 2. The third kappa shape index (κ3) is 4.97. The van der Waals surface area contributed by atoms with Crippen LogP contribution < -0.4 is 10.6 Å². The minimum Gasteiger partial charge on any atom is -0.360 e. The van der Waals surface area contributed by atoms with Crippen molar-refractivity contribution in [2.45, 2.75) is 25.4 Å². The number of benzene rings is 1. The molecule has 126 valence electrons. The number of anilines is 1. The van der Waals surface area contributed by atoms with E-state index in [9.17, 15) is 4.39 Å². The molecular weight excluding hydrogens is 323 g/mol. The van der Waals surface area contributed by atoms with Crippen LogP contribution in [0.15, 0.2) is 48.7 Å². The Bertz CT molecular complexity index is 654. The Kier molecular flexibility index (Phi) is 5.72. The lowest BCUT2D eigenvalue weighted by molar-refractivity contribution is 0.197. The predicted octanol–water partition coefficient (Wildman–Crippen LogP) is 3.17. The van der Waals surface area contributed by atoms with Crippen LogP contribution in [0.25, 0.3) is 0 Å². The lowest BCUT2D eigenvalue weighted by Gasteiger charge is -2.32. The van der Waals surface area contributed by atoms with Gasteiger partial charge in [-0.3, -0.25) is 9.88 Å². The van der Waals surface area contributed by atoms with Gasteiger partial charge in [-0.2, -0.15) is 0 Å². The van der Waals surface area contributed by atoms with Crippen molar-refractivity contribution in [1.82, 2.24) is 15.2 Å². The van der Waals surface area contributed by atoms with Crippen molar-refractivity contribution in [3.63, 3.8) is 0 Å². The molecule has 0 radical (unpaired) electrons. The fourth-order valence-electron chi connectivity index (χ4n) is 2.84. The Balaban J connectivity index is 1.41. The van der Waals surface area contributed by atoms with E-state index in [1.807, 2.05) is 18.3 Å². The van der Waals surface area contributed by atoms with E-state index < -0.39 is 0 Å². The van der Waals surface area contributed by atoms with E-state index >= 15 is 0 Å². The summed E-state index contributed by atoms with van der Waals surface area (Å²) in [6.45, 7) is 2.94. The molecule has 1 saturated heterocycles. The van der Waals surface area contributed by atoms with Crippen LogP contribution in [0.1, 0.15) is 18.5 Å². The molecule has 1 fully saturated rings. The van der Waals surface area contributed by atoms with Crippen molar-refractivity contribution in [1.29, 1.82) is 0 Å². The van der Waals surface area contributed by atoms with Crippen LogP contribution in [0.2, 0.25) is 0 Å². The van der Waals surface area contributed by atoms with Gasteiger partial charge < -0.3 is 10.6 Å². The summed E-state index contributed by atoms with van der Waals surface area (Å²) in [6.07, 6.45) is 3.92. The minimum absolute atomic E-state index is 0.250. The van der Waals surface area contributed by atoms with Gasteiger partial charge in [0.15, 0.2) is 5.11 Å². The molecule has 0 amide bonds. The molecular formula is C18H21FN4S. The topological polar surface area (TPSA) is 40.2 Å². The van der Waals surface area contributed by atoms with Gasteiger partial charge in [0, 0.05) is 37.6 Å². The molecule has 0 aliphatic carbocycles. The summed E-state index contributed by atoms with van der Waals surface area (Å²) in [4.78, 5) is 6.79. The molecule has 4 nitrogen and oxygen atoms in total. The zero-order valence-electron chi connectivity index (χ0n) is 13.4. The average Bonchev–Trinajstić information content (AvgIpc) is 2.60. The normalized spacial score (nSPS) is 15.9. The summed E-state index contributed by atoms with van der Waals surface area (Å²) in [5, 5.41) is 7.04. The number of rotatable bonds is 4. The fourth-order valence-corrected chi connectivity index (χ4v) is 3.13. The summed E-state index contributed by atoms with van der Waals surface area (Å²) in [5.74, 6) is -0.250. The standard InChI is InChI=1S/C18H21FN4S/c19-14-4-6-15(7-5-14)21-18(24)22-16-8-11-23(12-9-16)13-17-3-1-2-10-20-17/h1-7,10,16H,8-9,11-13H2,(H2,21,22,24). The summed E-state index contributed by atoms with van der Waals surface area (Å²) < 4.78 is 12.9. The highest BCUT2D eigenvalue weighted by Gasteiger charge is 2.20. The van der Waals surface area contributed by atoms with Gasteiger partial charge in [-0.25, -0.2) is 4.39 Å². The van der Waals surface area contributed by atoms with Gasteiger partial charge in [0.25, 0.3) is 0 Å². The van der Waals surface area contributed by atoms with Crippen molar-refractivity contribution < 1.29 is 4.39 Å². The molecule has 24 heavy (non-hydrogen) atoms. The van der Waals surface area contributed by atoms with Crippen LogP contribution in [-0.4, -0.2) is 34.1 Å². The Morgan fingerprint density at radius 3 is 2.58 bits per heavy atom. The first-order valence-electron chi connectivity index (χ1n) is 8.14. The first kappa shape index (κ1) is 16.8. The number of nitrogens with zero attached hydrogens (tertiary/aromatic N) is 2. The van der Waals surface area contributed by atoms with Crippen molar-refractivity contribution in [3.05, 3.63) is 60.2 Å². The Morgan fingerprint density at radius 2 is 1.92 bits per heavy atom. The maximum Gasteiger partial charge on any atom is 0.170 e. The minimum atomic E-state index is -0.250. The van der Waals surface area contributed by atoms with Crippen molar-refractivity contribution in [2.24, 2.45) is 0 Å². The van der Waals surface area contributed by atoms with Crippen LogP contribution in [0, 0.1) is 5.82 Å². The maximum atomic E-state index is 12.9. The molecule has 6 heteroatoms. The Morgan fingerprint density at radius 1 is 1.17 bits per heavy atom. The third-order valence-electron chi connectivity index (χ3n) is 4.14. The first-order valence-corrected chi connectivity index (χ1v) is 8.55. The highest BCUT2D eigenvalue weighted by atomic mass is 32.1. The van der Waals surface area contributed by atoms with E-state index in [2.05, 4.69) is 26.6 Å². The van der Waals surface area contributed by atoms with Crippen molar-refractivity contribution >= 4 is 23.0 Å². The second kappa shape index (κ2) is 8.17. The predicted molar refractivity (Wildman–Crippen MR) is 98.3 cm³/mol. The third-order valence-corrected chi connectivity index (χ3v) is 4.36. The van der Waals surface area contributed by atoms with Crippen LogP contribution in [-0.2, 0) is 6.54 Å². The van der Waals surface area contributed by atoms with Gasteiger partial charge >= 0.3 is 0 Å². The van der Waals surface area contributed by atoms with Gasteiger partial charge in [0.2, 0.25) is 0 Å². The molecule has 0 atom stereocenters. The number of pyridine rings is 1. The maximum absolute atomic E-state index is 12.9. The molecule has 3 rings (SSSR count). The highest BCUT2D eigenvalue weighted by Crippen LogP contribution is 2.14. The quantitative estimate of drug-likeness (QED) is 0.834. The molecule has 1 aliphatic rings. The second-order valence-corrected chi connectivity index (χ2v) is 6.39. The molecule has 0 spiro atoms. The molecule has 1 aliphatic heterocycles. The van der Waals surface area contributed by atoms with E-state index in [0.29, 0.717) is 11.2 Å². The molecule has 0 bridgehead atoms. The second-order valence-electron chi connectivity index (χ2n) is 5.98. The molecule has 2 N–H and O–H groups in total. The van der Waals surface area contributed by atoms with E-state index in [1.165, 1.54) is 12.1 Å². The number of nitrogens with one attached hydrogen (secondary N) is 2. The smallest absolute Gasteiger partial charge is 0.170 e. The van der Waals surface area contributed by atoms with E-state index in [1.54, 1.807) is 12.1 Å². The molecule has 1 aromatic carbocycles. The fraction of sp³-hybridized carbons (Fsp3) is 0.333. The zero-order valence-corrected chi connectivity index (χ0v) is 14.2. The summed E-state index contributed by atoms with van der Waals surface area (Å²) in [5.41, 5.74) is 1.90. The van der Waals surface area contributed by atoms with Crippen molar-refractivity contribution in [3.8, 4) is 0 Å². The molecule has 2 aromatic rings. The van der Waals surface area contributed by atoms with Crippen LogP contribution >= 0.6 is 12.2 Å². The van der Waals surface area contributed by atoms with E-state index in [0.717, 1.165) is 43.9 Å². The monoisotopic (exact) mass is 344 g/mol. The SMILES string of the molecule is Fc1ccc(NC(=S)NC2CCN(Cc3ccccn3)CC2)cc1. The lowest BCUT2D eigenvalue weighted by Crippen LogP contribution is -2.45. The van der Waals surface area contributed by atoms with Crippen LogP contribution in [0.5, 0.6) is 0 Å². The number of hydrogen-bond acceptors (Lipinski definition) is 3. The van der Waals surface area contributed by atoms with Gasteiger partial charge in [-0.1, -0.05) is 6.07 Å². The average molecular weight is 344 g/mol. The molecule has 2 heterocycles. The molecule has 1 aromatic heterocycles. The first-order chi connectivity index (χ1) is 11.7. The highest BCUT2D eigenvalue weighted by molar-refractivity contribution is 7.80. The summed E-state index contributed by atoms with van der Waals surface area (Å²) >= 11 is 5.34. The Labute approximate surface area is 147 Å². The lowest BCUT2D eigenvalue weighted by atomic mass is 10.1. The summed E-state index contributed by atoms with van der Waals surface area (Å²) in [7, 11) is 0. The van der Waals surface area contributed by atoms with Crippen LogP contribution in [0.4, 0.5) is 10.1 Å². The molecule has 0 saturated carbocycles. The Hall–Kier alpha value is -2.05. The van der Waals surface area contributed by atoms with E-state index in [4.69, 9.17) is 12.2 Å². The van der Waals surface area contributed by atoms with Crippen LogP contribution in [0.3, 0.4) is 0 Å².